The number of anilines is 1. The van der Waals surface area contributed by atoms with Gasteiger partial charge in [0.25, 0.3) is 5.69 Å². The first-order chi connectivity index (χ1) is 9.58. The van der Waals surface area contributed by atoms with Crippen LogP contribution in [0.1, 0.15) is 13.3 Å². The molecule has 1 N–H and O–H groups in total. The summed E-state index contributed by atoms with van der Waals surface area (Å²) >= 11 is 0. The van der Waals surface area contributed by atoms with E-state index in [0.29, 0.717) is 12.4 Å². The number of nitrogens with one attached hydrogen (secondary N) is 1. The second-order valence-electron chi connectivity index (χ2n) is 4.04. The van der Waals surface area contributed by atoms with Crippen LogP contribution in [0.4, 0.5) is 11.5 Å². The molecule has 20 heavy (non-hydrogen) atoms. The predicted molar refractivity (Wildman–Crippen MR) is 70.7 cm³/mol. The highest BCUT2D eigenvalue weighted by molar-refractivity contribution is 5.48. The summed E-state index contributed by atoms with van der Waals surface area (Å²) in [5.74, 6) is 0.455. The van der Waals surface area contributed by atoms with E-state index >= 15 is 0 Å². The van der Waals surface area contributed by atoms with Gasteiger partial charge in [0, 0.05) is 13.6 Å². The molecule has 2 aromatic rings. The van der Waals surface area contributed by atoms with Gasteiger partial charge in [-0.1, -0.05) is 6.92 Å². The lowest BCUT2D eigenvalue weighted by Crippen LogP contribution is -2.04. The van der Waals surface area contributed by atoms with Crippen molar-refractivity contribution in [1.29, 1.82) is 0 Å². The number of ether oxygens (including phenoxy) is 1. The molecule has 2 rings (SSSR count). The minimum absolute atomic E-state index is 0.0732. The van der Waals surface area contributed by atoms with E-state index in [4.69, 9.17) is 4.74 Å². The molecule has 0 amide bonds. The number of aromatic nitrogens is 4. The molecule has 0 bridgehead atoms. The van der Waals surface area contributed by atoms with E-state index in [1.165, 1.54) is 23.1 Å². The fourth-order valence-corrected chi connectivity index (χ4v) is 1.45. The molecule has 0 atom stereocenters. The van der Waals surface area contributed by atoms with E-state index in [-0.39, 0.29) is 17.6 Å². The van der Waals surface area contributed by atoms with Gasteiger partial charge >= 0.3 is 6.01 Å². The zero-order valence-electron chi connectivity index (χ0n) is 11.1. The minimum Gasteiger partial charge on any atom is -0.404 e. The topological polar surface area (TPSA) is 108 Å². The Bertz CT molecular complexity index is 612. The summed E-state index contributed by atoms with van der Waals surface area (Å²) in [4.78, 5) is 18.4. The number of nitrogens with zero attached hydrogens (tertiary/aromatic N) is 5. The number of rotatable bonds is 6. The first-order valence-corrected chi connectivity index (χ1v) is 6.02. The van der Waals surface area contributed by atoms with E-state index < -0.39 is 4.92 Å². The third-order valence-corrected chi connectivity index (χ3v) is 2.33. The largest absolute Gasteiger partial charge is 0.404 e. The third kappa shape index (κ3) is 3.40. The second-order valence-corrected chi connectivity index (χ2v) is 4.04. The summed E-state index contributed by atoms with van der Waals surface area (Å²) in [6, 6.07) is 2.67. The number of aryl methyl sites for hydroxylation is 1. The van der Waals surface area contributed by atoms with Crippen LogP contribution in [0, 0.1) is 10.1 Å². The molecule has 0 spiro atoms. The van der Waals surface area contributed by atoms with Gasteiger partial charge in [0.1, 0.15) is 12.1 Å². The molecule has 0 aromatic carbocycles. The minimum atomic E-state index is -0.502. The highest BCUT2D eigenvalue weighted by Crippen LogP contribution is 2.24. The molecule has 0 radical (unpaired) electrons. The first kappa shape index (κ1) is 13.7. The lowest BCUT2D eigenvalue weighted by Gasteiger charge is -2.06. The number of pyridine rings is 1. The fourth-order valence-electron chi connectivity index (χ4n) is 1.45. The van der Waals surface area contributed by atoms with Crippen LogP contribution in [0.25, 0.3) is 0 Å². The van der Waals surface area contributed by atoms with E-state index in [9.17, 15) is 10.1 Å². The SMILES string of the molecule is CCCNc1cc([N+](=O)[O-])cc(Oc2ncn(C)n2)n1. The Morgan fingerprint density at radius 2 is 2.30 bits per heavy atom. The maximum absolute atomic E-state index is 10.9. The van der Waals surface area contributed by atoms with Gasteiger partial charge in [-0.05, 0) is 6.42 Å². The summed E-state index contributed by atoms with van der Waals surface area (Å²) in [6.07, 6.45) is 2.34. The van der Waals surface area contributed by atoms with Crippen LogP contribution in [0.3, 0.4) is 0 Å². The normalized spacial score (nSPS) is 10.3. The van der Waals surface area contributed by atoms with Crippen molar-refractivity contribution in [1.82, 2.24) is 19.7 Å². The van der Waals surface area contributed by atoms with Crippen molar-refractivity contribution in [2.75, 3.05) is 11.9 Å². The standard InChI is InChI=1S/C11H14N6O3/c1-3-4-12-9-5-8(17(18)19)6-10(14-9)20-11-13-7-16(2)15-11/h5-7H,3-4H2,1-2H3,(H,12,14). The molecular weight excluding hydrogens is 264 g/mol. The maximum atomic E-state index is 10.9. The van der Waals surface area contributed by atoms with E-state index in [0.717, 1.165) is 6.42 Å². The van der Waals surface area contributed by atoms with Gasteiger partial charge in [-0.3, -0.25) is 14.8 Å². The van der Waals surface area contributed by atoms with Crippen LogP contribution in [0.15, 0.2) is 18.5 Å². The van der Waals surface area contributed by atoms with Crippen molar-refractivity contribution in [2.45, 2.75) is 13.3 Å². The summed E-state index contributed by atoms with van der Waals surface area (Å²) in [5.41, 5.74) is -0.107. The molecule has 9 nitrogen and oxygen atoms in total. The Morgan fingerprint density at radius 3 is 2.90 bits per heavy atom. The van der Waals surface area contributed by atoms with E-state index in [1.807, 2.05) is 6.92 Å². The van der Waals surface area contributed by atoms with Gasteiger partial charge in [-0.2, -0.15) is 9.97 Å². The molecule has 9 heteroatoms. The molecule has 0 saturated carbocycles. The molecule has 0 aliphatic carbocycles. The van der Waals surface area contributed by atoms with Gasteiger partial charge in [0.05, 0.1) is 17.1 Å². The first-order valence-electron chi connectivity index (χ1n) is 6.02. The third-order valence-electron chi connectivity index (χ3n) is 2.33. The van der Waals surface area contributed by atoms with Crippen molar-refractivity contribution in [3.63, 3.8) is 0 Å². The van der Waals surface area contributed by atoms with E-state index in [1.54, 1.807) is 7.05 Å². The van der Waals surface area contributed by atoms with Crippen LogP contribution in [-0.4, -0.2) is 31.2 Å². The summed E-state index contributed by atoms with van der Waals surface area (Å²) in [6.45, 7) is 2.65. The van der Waals surface area contributed by atoms with Crippen molar-refractivity contribution >= 4 is 11.5 Å². The van der Waals surface area contributed by atoms with Gasteiger partial charge in [-0.25, -0.2) is 0 Å². The monoisotopic (exact) mass is 278 g/mol. The quantitative estimate of drug-likeness (QED) is 0.633. The van der Waals surface area contributed by atoms with Crippen molar-refractivity contribution in [3.8, 4) is 11.9 Å². The fraction of sp³-hybridized carbons (Fsp3) is 0.364. The Morgan fingerprint density at radius 1 is 1.50 bits per heavy atom. The van der Waals surface area contributed by atoms with Crippen LogP contribution >= 0.6 is 0 Å². The highest BCUT2D eigenvalue weighted by Gasteiger charge is 2.13. The Kier molecular flexibility index (Phi) is 4.08. The zero-order valence-corrected chi connectivity index (χ0v) is 11.1. The summed E-state index contributed by atoms with van der Waals surface area (Å²) in [5, 5.41) is 17.8. The van der Waals surface area contributed by atoms with Crippen molar-refractivity contribution in [3.05, 3.63) is 28.6 Å². The average molecular weight is 278 g/mol. The van der Waals surface area contributed by atoms with Crippen molar-refractivity contribution < 1.29 is 9.66 Å². The Balaban J connectivity index is 2.26. The molecule has 0 unspecified atom stereocenters. The number of nitro groups is 1. The van der Waals surface area contributed by atoms with Crippen LogP contribution in [-0.2, 0) is 7.05 Å². The Labute approximate surface area is 114 Å². The van der Waals surface area contributed by atoms with E-state index in [2.05, 4.69) is 20.4 Å². The molecule has 106 valence electrons. The Hall–Kier alpha value is -2.71. The lowest BCUT2D eigenvalue weighted by atomic mass is 10.3. The average Bonchev–Trinajstić information content (AvgIpc) is 2.81. The molecule has 0 saturated heterocycles. The maximum Gasteiger partial charge on any atom is 0.342 e. The summed E-state index contributed by atoms with van der Waals surface area (Å²) < 4.78 is 6.77. The molecule has 2 heterocycles. The van der Waals surface area contributed by atoms with Crippen LogP contribution in [0.5, 0.6) is 11.9 Å². The molecule has 0 aliphatic rings. The number of hydrogen-bond acceptors (Lipinski definition) is 7. The molecule has 2 aromatic heterocycles. The second kappa shape index (κ2) is 5.95. The zero-order chi connectivity index (χ0) is 14.5. The van der Waals surface area contributed by atoms with Crippen molar-refractivity contribution in [2.24, 2.45) is 7.05 Å². The van der Waals surface area contributed by atoms with Crippen LogP contribution in [0.2, 0.25) is 0 Å². The van der Waals surface area contributed by atoms with Crippen LogP contribution < -0.4 is 10.1 Å². The smallest absolute Gasteiger partial charge is 0.342 e. The van der Waals surface area contributed by atoms with Gasteiger partial charge in [-0.15, -0.1) is 5.10 Å². The lowest BCUT2D eigenvalue weighted by molar-refractivity contribution is -0.384. The number of hydrogen-bond donors (Lipinski definition) is 1. The van der Waals surface area contributed by atoms with Gasteiger partial charge in [0.2, 0.25) is 5.88 Å². The molecule has 0 fully saturated rings. The highest BCUT2D eigenvalue weighted by atomic mass is 16.6. The molecule has 0 aliphatic heterocycles. The van der Waals surface area contributed by atoms with Gasteiger partial charge in [0.15, 0.2) is 0 Å². The van der Waals surface area contributed by atoms with Gasteiger partial charge < -0.3 is 10.1 Å². The predicted octanol–water partition coefficient (Wildman–Crippen LogP) is 1.73. The molecular formula is C11H14N6O3. The summed E-state index contributed by atoms with van der Waals surface area (Å²) in [7, 11) is 1.69.